The fourth-order valence-corrected chi connectivity index (χ4v) is 5.43. The smallest absolute Gasteiger partial charge is 0.340 e. The number of rotatable bonds is 9. The summed E-state index contributed by atoms with van der Waals surface area (Å²) in [6, 6.07) is 14.3. The maximum absolute atomic E-state index is 13.5. The number of halogens is 1. The number of carbonyl (C=O) groups is 1. The fourth-order valence-electron chi connectivity index (χ4n) is 5.43. The van der Waals surface area contributed by atoms with Crippen LogP contribution >= 0.6 is 0 Å². The first-order chi connectivity index (χ1) is 19.8. The summed E-state index contributed by atoms with van der Waals surface area (Å²) in [7, 11) is 0. The van der Waals surface area contributed by atoms with Gasteiger partial charge in [0.15, 0.2) is 6.10 Å². The van der Waals surface area contributed by atoms with Gasteiger partial charge < -0.3 is 19.1 Å². The number of piperidine rings is 1. The summed E-state index contributed by atoms with van der Waals surface area (Å²) in [4.78, 5) is 20.8. The van der Waals surface area contributed by atoms with E-state index in [0.29, 0.717) is 12.4 Å². The van der Waals surface area contributed by atoms with Crippen LogP contribution in [0.25, 0.3) is 11.1 Å². The van der Waals surface area contributed by atoms with Gasteiger partial charge in [-0.15, -0.1) is 0 Å². The van der Waals surface area contributed by atoms with Crippen molar-refractivity contribution >= 4 is 11.7 Å². The number of carbonyl (C=O) groups excluding carboxylic acids is 1. The van der Waals surface area contributed by atoms with Crippen molar-refractivity contribution in [1.29, 1.82) is 0 Å². The van der Waals surface area contributed by atoms with Crippen molar-refractivity contribution in [2.45, 2.75) is 86.5 Å². The third-order valence-corrected chi connectivity index (χ3v) is 7.71. The highest BCUT2D eigenvalue weighted by molar-refractivity contribution is 5.88. The Morgan fingerprint density at radius 2 is 1.62 bits per heavy atom. The number of hydrogen-bond donors (Lipinski definition) is 0. The molecule has 1 atom stereocenters. The van der Waals surface area contributed by atoms with Crippen molar-refractivity contribution in [3.8, 4) is 16.9 Å². The Hall–Kier alpha value is -3.45. The van der Waals surface area contributed by atoms with Gasteiger partial charge >= 0.3 is 5.97 Å². The predicted molar refractivity (Wildman–Crippen MR) is 165 cm³/mol. The number of pyridine rings is 1. The molecule has 0 amide bonds. The van der Waals surface area contributed by atoms with Gasteiger partial charge in [-0.25, -0.2) is 9.18 Å². The fraction of sp³-hybridized carbons (Fsp3) is 0.486. The van der Waals surface area contributed by atoms with Crippen LogP contribution in [0.15, 0.2) is 48.5 Å². The van der Waals surface area contributed by atoms with Crippen molar-refractivity contribution in [2.24, 2.45) is 5.41 Å². The summed E-state index contributed by atoms with van der Waals surface area (Å²) >= 11 is 0. The van der Waals surface area contributed by atoms with Gasteiger partial charge in [0.25, 0.3) is 0 Å². The standard InChI is InChI=1S/C35H45FN2O4/c1-9-40-33(39)32(42-34(4,5)6)30-24(3)37-23(2)29(31(30)38-20-18-35(7,8)19-21-38)26-12-16-28(17-13-26)41-22-25-10-14-27(36)15-11-25/h10-17,32H,9,18-22H2,1-8H3/t32-/m0/s1. The molecule has 3 aromatic rings. The number of anilines is 1. The van der Waals surface area contributed by atoms with Gasteiger partial charge in [0.2, 0.25) is 0 Å². The van der Waals surface area contributed by atoms with E-state index in [-0.39, 0.29) is 17.8 Å². The zero-order chi connectivity index (χ0) is 30.7. The molecule has 0 unspecified atom stereocenters. The van der Waals surface area contributed by atoms with Gasteiger partial charge in [0.05, 0.1) is 17.9 Å². The lowest BCUT2D eigenvalue weighted by atomic mass is 9.82. The lowest BCUT2D eigenvalue weighted by Gasteiger charge is -2.41. The Balaban J connectivity index is 1.80. The van der Waals surface area contributed by atoms with Crippen molar-refractivity contribution in [3.63, 3.8) is 0 Å². The monoisotopic (exact) mass is 576 g/mol. The lowest BCUT2D eigenvalue weighted by Crippen LogP contribution is -2.39. The van der Waals surface area contributed by atoms with Crippen LogP contribution in [0.5, 0.6) is 5.75 Å². The van der Waals surface area contributed by atoms with Gasteiger partial charge in [-0.2, -0.15) is 0 Å². The second-order valence-electron chi connectivity index (χ2n) is 12.9. The molecule has 0 spiro atoms. The minimum atomic E-state index is -0.917. The molecule has 0 N–H and O–H groups in total. The second-order valence-corrected chi connectivity index (χ2v) is 12.9. The summed E-state index contributed by atoms with van der Waals surface area (Å²) in [5.74, 6) is 0.0359. The Morgan fingerprint density at radius 3 is 2.19 bits per heavy atom. The van der Waals surface area contributed by atoms with Crippen molar-refractivity contribution in [1.82, 2.24) is 4.98 Å². The SMILES string of the molecule is CCOC(=O)[C@@H](OC(C)(C)C)c1c(C)nc(C)c(-c2ccc(OCc3ccc(F)cc3)cc2)c1N1CCC(C)(C)CC1. The number of esters is 1. The molecule has 0 aliphatic carbocycles. The van der Waals surface area contributed by atoms with Crippen molar-refractivity contribution in [2.75, 3.05) is 24.6 Å². The van der Waals surface area contributed by atoms with Gasteiger partial charge in [0, 0.05) is 35.6 Å². The molecule has 6 nitrogen and oxygen atoms in total. The van der Waals surface area contributed by atoms with Crippen LogP contribution in [-0.4, -0.2) is 36.3 Å². The average Bonchev–Trinajstić information content (AvgIpc) is 2.91. The van der Waals surface area contributed by atoms with Gasteiger partial charge in [-0.1, -0.05) is 38.1 Å². The predicted octanol–water partition coefficient (Wildman–Crippen LogP) is 8.13. The summed E-state index contributed by atoms with van der Waals surface area (Å²) in [5, 5.41) is 0. The molecular weight excluding hydrogens is 531 g/mol. The Bertz CT molecular complexity index is 1370. The maximum Gasteiger partial charge on any atom is 0.340 e. The van der Waals surface area contributed by atoms with Crippen molar-refractivity contribution in [3.05, 3.63) is 76.9 Å². The Labute approximate surface area is 250 Å². The average molecular weight is 577 g/mol. The number of aryl methyl sites for hydroxylation is 2. The molecule has 0 bridgehead atoms. The van der Waals surface area contributed by atoms with Crippen LogP contribution in [-0.2, 0) is 20.9 Å². The Morgan fingerprint density at radius 1 is 1.00 bits per heavy atom. The van der Waals surface area contributed by atoms with E-state index >= 15 is 0 Å². The Kier molecular flexibility index (Phi) is 9.61. The molecule has 0 saturated carbocycles. The summed E-state index contributed by atoms with van der Waals surface area (Å²) in [6.07, 6.45) is 1.15. The van der Waals surface area contributed by atoms with Crippen LogP contribution in [0, 0.1) is 25.1 Å². The van der Waals surface area contributed by atoms with Gasteiger partial charge in [-0.3, -0.25) is 4.98 Å². The van der Waals surface area contributed by atoms with Gasteiger partial charge in [0.1, 0.15) is 18.2 Å². The van der Waals surface area contributed by atoms with Crippen LogP contribution in [0.2, 0.25) is 0 Å². The maximum atomic E-state index is 13.5. The normalized spacial score (nSPS) is 15.8. The first-order valence-corrected chi connectivity index (χ1v) is 14.9. The van der Waals surface area contributed by atoms with Crippen LogP contribution in [0.3, 0.4) is 0 Å². The van der Waals surface area contributed by atoms with E-state index in [2.05, 4.69) is 18.7 Å². The second kappa shape index (κ2) is 12.8. The van der Waals surface area contributed by atoms with E-state index in [0.717, 1.165) is 65.3 Å². The molecule has 0 radical (unpaired) electrons. The quantitative estimate of drug-likeness (QED) is 0.240. The van der Waals surface area contributed by atoms with E-state index in [9.17, 15) is 9.18 Å². The highest BCUT2D eigenvalue weighted by Gasteiger charge is 2.37. The van der Waals surface area contributed by atoms with E-state index in [1.165, 1.54) is 12.1 Å². The molecule has 1 aromatic heterocycles. The molecule has 1 aliphatic rings. The first kappa shape index (κ1) is 31.5. The first-order valence-electron chi connectivity index (χ1n) is 14.9. The molecular formula is C35H45FN2O4. The summed E-state index contributed by atoms with van der Waals surface area (Å²) < 4.78 is 31.3. The molecule has 1 aliphatic heterocycles. The molecule has 1 saturated heterocycles. The van der Waals surface area contributed by atoms with E-state index in [1.807, 2.05) is 65.8 Å². The minimum Gasteiger partial charge on any atom is -0.489 e. The van der Waals surface area contributed by atoms with E-state index < -0.39 is 17.7 Å². The third kappa shape index (κ3) is 7.68. The van der Waals surface area contributed by atoms with Gasteiger partial charge in [-0.05, 0) is 95.2 Å². The van der Waals surface area contributed by atoms with Crippen LogP contribution < -0.4 is 9.64 Å². The molecule has 4 rings (SSSR count). The largest absolute Gasteiger partial charge is 0.489 e. The molecule has 226 valence electrons. The van der Waals surface area contributed by atoms with E-state index in [1.54, 1.807) is 12.1 Å². The third-order valence-electron chi connectivity index (χ3n) is 7.71. The number of nitrogens with zero attached hydrogens (tertiary/aromatic N) is 2. The molecule has 2 aromatic carbocycles. The molecule has 1 fully saturated rings. The lowest BCUT2D eigenvalue weighted by molar-refractivity contribution is -0.166. The zero-order valence-corrected chi connectivity index (χ0v) is 26.3. The van der Waals surface area contributed by atoms with Crippen LogP contribution in [0.1, 0.15) is 83.0 Å². The van der Waals surface area contributed by atoms with Crippen LogP contribution in [0.4, 0.5) is 10.1 Å². The van der Waals surface area contributed by atoms with Crippen molar-refractivity contribution < 1.29 is 23.4 Å². The minimum absolute atomic E-state index is 0.250. The number of hydrogen-bond acceptors (Lipinski definition) is 6. The topological polar surface area (TPSA) is 60.9 Å². The van der Waals surface area contributed by atoms with E-state index in [4.69, 9.17) is 19.2 Å². The number of ether oxygens (including phenoxy) is 3. The molecule has 2 heterocycles. The highest BCUT2D eigenvalue weighted by atomic mass is 19.1. The summed E-state index contributed by atoms with van der Waals surface area (Å²) in [5.41, 5.74) is 5.91. The zero-order valence-electron chi connectivity index (χ0n) is 26.3. The number of benzene rings is 2. The summed E-state index contributed by atoms with van der Waals surface area (Å²) in [6.45, 7) is 18.6. The number of aromatic nitrogens is 1. The molecule has 7 heteroatoms. The highest BCUT2D eigenvalue weighted by Crippen LogP contribution is 2.45. The molecule has 42 heavy (non-hydrogen) atoms.